The van der Waals surface area contributed by atoms with Crippen molar-refractivity contribution in [3.05, 3.63) is 47.8 Å². The minimum atomic E-state index is -1.57. The summed E-state index contributed by atoms with van der Waals surface area (Å²) in [6.07, 6.45) is 1.54. The zero-order valence-electron chi connectivity index (χ0n) is 11.5. The number of hydrogen-bond acceptors (Lipinski definition) is 4. The molecule has 0 saturated carbocycles. The zero-order chi connectivity index (χ0) is 15.7. The van der Waals surface area contributed by atoms with Gasteiger partial charge in [0.2, 0.25) is 0 Å². The summed E-state index contributed by atoms with van der Waals surface area (Å²) >= 11 is 0. The molecule has 1 N–H and O–H groups in total. The molecular formula is C14H11F2N3O2S. The van der Waals surface area contributed by atoms with Gasteiger partial charge in [-0.15, -0.1) is 0 Å². The molecule has 3 rings (SSSR count). The summed E-state index contributed by atoms with van der Waals surface area (Å²) in [4.78, 5) is 10.7. The average Bonchev–Trinajstić information content (AvgIpc) is 2.92. The molecule has 3 aromatic rings. The molecule has 0 bridgehead atoms. The van der Waals surface area contributed by atoms with E-state index in [0.29, 0.717) is 11.4 Å². The Morgan fingerprint density at radius 2 is 2.14 bits per heavy atom. The third-order valence-corrected chi connectivity index (χ3v) is 4.18. The molecule has 22 heavy (non-hydrogen) atoms. The lowest BCUT2D eigenvalue weighted by Gasteiger charge is -2.02. The lowest BCUT2D eigenvalue weighted by molar-refractivity contribution is 0.413. The summed E-state index contributed by atoms with van der Waals surface area (Å²) in [6.45, 7) is 0. The number of ether oxygens (including phenoxy) is 1. The topological polar surface area (TPSA) is 67.9 Å². The van der Waals surface area contributed by atoms with E-state index < -0.39 is 22.4 Å². The number of hydrogen-bond donors (Lipinski definition) is 1. The number of H-pyrrole nitrogens is 1. The average molecular weight is 323 g/mol. The number of rotatable bonds is 4. The fourth-order valence-corrected chi connectivity index (χ4v) is 2.97. The summed E-state index contributed by atoms with van der Waals surface area (Å²) in [7, 11) is -0.0455. The molecule has 0 unspecified atom stereocenters. The van der Waals surface area contributed by atoms with Crippen LogP contribution in [0.3, 0.4) is 0 Å². The molecule has 0 aliphatic heterocycles. The number of methoxy groups -OCH3 is 1. The van der Waals surface area contributed by atoms with Crippen LogP contribution in [0.5, 0.6) is 5.75 Å². The molecule has 0 aliphatic carbocycles. The van der Waals surface area contributed by atoms with E-state index >= 15 is 0 Å². The Bertz CT molecular complexity index is 866. The minimum absolute atomic E-state index is 0.0386. The summed E-state index contributed by atoms with van der Waals surface area (Å²) in [5.74, 6) is -0.838. The molecule has 8 heteroatoms. The van der Waals surface area contributed by atoms with Gasteiger partial charge >= 0.3 is 0 Å². The molecule has 0 aliphatic rings. The predicted octanol–water partition coefficient (Wildman–Crippen LogP) is 2.55. The van der Waals surface area contributed by atoms with Gasteiger partial charge in [0.1, 0.15) is 17.1 Å². The van der Waals surface area contributed by atoms with Crippen LogP contribution >= 0.6 is 0 Å². The Morgan fingerprint density at radius 3 is 2.91 bits per heavy atom. The first-order valence-electron chi connectivity index (χ1n) is 6.29. The van der Waals surface area contributed by atoms with Crippen LogP contribution in [-0.2, 0) is 16.6 Å². The van der Waals surface area contributed by atoms with Gasteiger partial charge in [-0.2, -0.15) is 0 Å². The SMILES string of the molecule is COc1ccnc(C[S@@](=O)c2nc3c(F)cc(F)cc3[nH]2)c1. The van der Waals surface area contributed by atoms with Crippen molar-refractivity contribution in [1.29, 1.82) is 0 Å². The highest BCUT2D eigenvalue weighted by Crippen LogP contribution is 2.20. The Kier molecular flexibility index (Phi) is 3.84. The Morgan fingerprint density at radius 1 is 1.32 bits per heavy atom. The summed E-state index contributed by atoms with van der Waals surface area (Å²) < 4.78 is 44.1. The summed E-state index contributed by atoms with van der Waals surface area (Å²) in [6, 6.07) is 5.17. The molecule has 0 saturated heterocycles. The first kappa shape index (κ1) is 14.6. The Balaban J connectivity index is 1.90. The van der Waals surface area contributed by atoms with Crippen LogP contribution in [0.25, 0.3) is 11.0 Å². The Hall–Kier alpha value is -2.35. The molecule has 1 aromatic carbocycles. The monoisotopic (exact) mass is 323 g/mol. The van der Waals surface area contributed by atoms with Crippen molar-refractivity contribution in [3.8, 4) is 5.75 Å². The summed E-state index contributed by atoms with van der Waals surface area (Å²) in [5.41, 5.74) is 0.674. The number of aromatic nitrogens is 3. The van der Waals surface area contributed by atoms with E-state index in [1.165, 1.54) is 7.11 Å². The van der Waals surface area contributed by atoms with Gasteiger partial charge in [-0.3, -0.25) is 9.19 Å². The third-order valence-electron chi connectivity index (χ3n) is 3.00. The molecule has 2 heterocycles. The van der Waals surface area contributed by atoms with Gasteiger partial charge in [0.15, 0.2) is 11.0 Å². The highest BCUT2D eigenvalue weighted by Gasteiger charge is 2.15. The third kappa shape index (κ3) is 2.82. The van der Waals surface area contributed by atoms with Crippen LogP contribution in [0, 0.1) is 11.6 Å². The maximum absolute atomic E-state index is 13.6. The van der Waals surface area contributed by atoms with Crippen LogP contribution in [-0.4, -0.2) is 26.3 Å². The number of imidazole rings is 1. The highest BCUT2D eigenvalue weighted by atomic mass is 32.2. The second-order valence-corrected chi connectivity index (χ2v) is 5.87. The number of pyridine rings is 1. The van der Waals surface area contributed by atoms with Gasteiger partial charge in [-0.25, -0.2) is 13.8 Å². The highest BCUT2D eigenvalue weighted by molar-refractivity contribution is 7.84. The second kappa shape index (κ2) is 5.80. The van der Waals surface area contributed by atoms with Crippen LogP contribution in [0.15, 0.2) is 35.6 Å². The van der Waals surface area contributed by atoms with Gasteiger partial charge in [0.25, 0.3) is 0 Å². The van der Waals surface area contributed by atoms with E-state index in [4.69, 9.17) is 4.74 Å². The first-order valence-corrected chi connectivity index (χ1v) is 7.61. The van der Waals surface area contributed by atoms with Crippen LogP contribution in [0.1, 0.15) is 5.69 Å². The molecule has 0 radical (unpaired) electrons. The molecular weight excluding hydrogens is 312 g/mol. The van der Waals surface area contributed by atoms with Crippen molar-refractivity contribution in [3.63, 3.8) is 0 Å². The van der Waals surface area contributed by atoms with E-state index in [1.54, 1.807) is 18.3 Å². The molecule has 0 fully saturated rings. The van der Waals surface area contributed by atoms with E-state index in [9.17, 15) is 13.0 Å². The lowest BCUT2D eigenvalue weighted by Crippen LogP contribution is -2.01. The summed E-state index contributed by atoms with van der Waals surface area (Å²) in [5, 5.41) is 0.0733. The largest absolute Gasteiger partial charge is 0.497 e. The van der Waals surface area contributed by atoms with Crippen molar-refractivity contribution >= 4 is 21.8 Å². The van der Waals surface area contributed by atoms with E-state index in [1.807, 2.05) is 0 Å². The van der Waals surface area contributed by atoms with Crippen molar-refractivity contribution in [2.24, 2.45) is 0 Å². The fraction of sp³-hybridized carbons (Fsp3) is 0.143. The smallest absolute Gasteiger partial charge is 0.197 e. The van der Waals surface area contributed by atoms with Crippen LogP contribution in [0.2, 0.25) is 0 Å². The zero-order valence-corrected chi connectivity index (χ0v) is 12.3. The fourth-order valence-electron chi connectivity index (χ4n) is 1.99. The number of fused-ring (bicyclic) bond motifs is 1. The van der Waals surface area contributed by atoms with E-state index in [-0.39, 0.29) is 21.9 Å². The quantitative estimate of drug-likeness (QED) is 0.801. The van der Waals surface area contributed by atoms with E-state index in [0.717, 1.165) is 12.1 Å². The minimum Gasteiger partial charge on any atom is -0.497 e. The van der Waals surface area contributed by atoms with Crippen LogP contribution in [0.4, 0.5) is 8.78 Å². The van der Waals surface area contributed by atoms with Crippen molar-refractivity contribution in [1.82, 2.24) is 15.0 Å². The van der Waals surface area contributed by atoms with Crippen LogP contribution < -0.4 is 4.74 Å². The van der Waals surface area contributed by atoms with Gasteiger partial charge in [-0.05, 0) is 12.1 Å². The van der Waals surface area contributed by atoms with Gasteiger partial charge in [0.05, 0.1) is 34.9 Å². The lowest BCUT2D eigenvalue weighted by atomic mass is 10.3. The first-order chi connectivity index (χ1) is 10.6. The van der Waals surface area contributed by atoms with Crippen molar-refractivity contribution < 1.29 is 17.7 Å². The molecule has 0 spiro atoms. The number of nitrogens with zero attached hydrogens (tertiary/aromatic N) is 2. The molecule has 0 amide bonds. The van der Waals surface area contributed by atoms with Crippen molar-refractivity contribution in [2.45, 2.75) is 10.9 Å². The maximum Gasteiger partial charge on any atom is 0.197 e. The number of halogens is 2. The molecule has 2 aromatic heterocycles. The second-order valence-electron chi connectivity index (χ2n) is 4.50. The molecule has 1 atom stereocenters. The van der Waals surface area contributed by atoms with Gasteiger partial charge in [0, 0.05) is 18.3 Å². The number of aromatic amines is 1. The van der Waals surface area contributed by atoms with Gasteiger partial charge < -0.3 is 9.72 Å². The maximum atomic E-state index is 13.6. The van der Waals surface area contributed by atoms with Gasteiger partial charge in [-0.1, -0.05) is 0 Å². The molecule has 5 nitrogen and oxygen atoms in total. The standard InChI is InChI=1S/C14H11F2N3O2S/c1-21-10-2-3-17-9(6-10)7-22(20)14-18-12-5-8(15)4-11(16)13(12)19-14/h2-6H,7H2,1H3,(H,18,19)/t22-/m1/s1. The number of nitrogens with one attached hydrogen (secondary N) is 1. The number of benzene rings is 1. The molecule has 114 valence electrons. The van der Waals surface area contributed by atoms with E-state index in [2.05, 4.69) is 15.0 Å². The normalized spacial score (nSPS) is 12.5. The predicted molar refractivity (Wildman–Crippen MR) is 76.9 cm³/mol. The Labute approximate surface area is 126 Å². The van der Waals surface area contributed by atoms with Crippen molar-refractivity contribution in [2.75, 3.05) is 7.11 Å².